The van der Waals surface area contributed by atoms with Gasteiger partial charge in [-0.3, -0.25) is 9.59 Å². The topological polar surface area (TPSA) is 46.6 Å². The lowest BCUT2D eigenvalue weighted by Crippen LogP contribution is -2.43. The van der Waals surface area contributed by atoms with Gasteiger partial charge in [0.1, 0.15) is 0 Å². The number of hydrogen-bond acceptors (Lipinski definition) is 3. The van der Waals surface area contributed by atoms with Gasteiger partial charge in [0.25, 0.3) is 0 Å². The van der Waals surface area contributed by atoms with Crippen molar-refractivity contribution < 1.29 is 14.3 Å². The third-order valence-corrected chi connectivity index (χ3v) is 4.59. The molecule has 0 heterocycles. The Hall–Kier alpha value is -1.06. The molecule has 120 valence electrons. The van der Waals surface area contributed by atoms with Crippen molar-refractivity contribution in [3.63, 3.8) is 0 Å². The Kier molecular flexibility index (Phi) is 6.52. The highest BCUT2D eigenvalue weighted by Gasteiger charge is 2.36. The van der Waals surface area contributed by atoms with Gasteiger partial charge in [-0.25, -0.2) is 0 Å². The number of esters is 1. The van der Waals surface area contributed by atoms with Crippen molar-refractivity contribution in [2.75, 3.05) is 13.2 Å². The minimum atomic E-state index is -0.183. The van der Waals surface area contributed by atoms with Gasteiger partial charge in [-0.15, -0.1) is 0 Å². The molecule has 0 saturated heterocycles. The molecular formula is C17H29NO3. The van der Waals surface area contributed by atoms with Gasteiger partial charge in [0, 0.05) is 18.5 Å². The van der Waals surface area contributed by atoms with Gasteiger partial charge in [-0.1, -0.05) is 32.1 Å². The molecule has 2 fully saturated rings. The highest BCUT2D eigenvalue weighted by atomic mass is 16.5. The standard InChI is InChI=1S/C17H29NO3/c1-2-21-16(19)12-13-18(17(20)14-10-11-14)15-8-6-4-3-5-7-9-15/h14-15H,2-13H2,1H3. The quantitative estimate of drug-likeness (QED) is 0.706. The highest BCUT2D eigenvalue weighted by Crippen LogP contribution is 2.33. The van der Waals surface area contributed by atoms with E-state index in [1.165, 1.54) is 32.1 Å². The molecule has 0 unspecified atom stereocenters. The van der Waals surface area contributed by atoms with Crippen LogP contribution in [0, 0.1) is 5.92 Å². The van der Waals surface area contributed by atoms with Gasteiger partial charge >= 0.3 is 5.97 Å². The SMILES string of the molecule is CCOC(=O)CCN(C(=O)C1CC1)C1CCCCCCC1. The first-order chi connectivity index (χ1) is 10.2. The summed E-state index contributed by atoms with van der Waals surface area (Å²) in [5, 5.41) is 0. The van der Waals surface area contributed by atoms with Crippen LogP contribution < -0.4 is 0 Å². The summed E-state index contributed by atoms with van der Waals surface area (Å²) in [4.78, 5) is 26.2. The van der Waals surface area contributed by atoms with Gasteiger partial charge in [0.2, 0.25) is 5.91 Å². The van der Waals surface area contributed by atoms with Crippen molar-refractivity contribution >= 4 is 11.9 Å². The average Bonchev–Trinajstić information content (AvgIpc) is 3.25. The first-order valence-corrected chi connectivity index (χ1v) is 8.68. The molecule has 1 amide bonds. The maximum absolute atomic E-state index is 12.5. The van der Waals surface area contributed by atoms with Crippen LogP contribution in [0.3, 0.4) is 0 Å². The van der Waals surface area contributed by atoms with E-state index in [9.17, 15) is 9.59 Å². The minimum Gasteiger partial charge on any atom is -0.466 e. The third-order valence-electron chi connectivity index (χ3n) is 4.59. The maximum Gasteiger partial charge on any atom is 0.307 e. The Balaban J connectivity index is 1.92. The van der Waals surface area contributed by atoms with Crippen LogP contribution in [-0.2, 0) is 14.3 Å². The monoisotopic (exact) mass is 295 g/mol. The lowest BCUT2D eigenvalue weighted by atomic mass is 9.95. The van der Waals surface area contributed by atoms with Crippen molar-refractivity contribution in [1.82, 2.24) is 4.90 Å². The van der Waals surface area contributed by atoms with E-state index in [4.69, 9.17) is 4.74 Å². The molecule has 0 N–H and O–H groups in total. The molecule has 0 spiro atoms. The summed E-state index contributed by atoms with van der Waals surface area (Å²) in [5.41, 5.74) is 0. The van der Waals surface area contributed by atoms with Crippen LogP contribution in [0.25, 0.3) is 0 Å². The zero-order valence-electron chi connectivity index (χ0n) is 13.3. The van der Waals surface area contributed by atoms with E-state index >= 15 is 0 Å². The Labute approximate surface area is 128 Å². The van der Waals surface area contributed by atoms with E-state index in [0.717, 1.165) is 25.7 Å². The van der Waals surface area contributed by atoms with Gasteiger partial charge in [-0.05, 0) is 32.6 Å². The fourth-order valence-electron chi connectivity index (χ4n) is 3.23. The molecule has 0 bridgehead atoms. The number of hydrogen-bond donors (Lipinski definition) is 0. The molecule has 4 nitrogen and oxygen atoms in total. The lowest BCUT2D eigenvalue weighted by Gasteiger charge is -2.33. The van der Waals surface area contributed by atoms with Crippen molar-refractivity contribution in [2.24, 2.45) is 5.92 Å². The normalized spacial score (nSPS) is 20.4. The van der Waals surface area contributed by atoms with Gasteiger partial charge in [-0.2, -0.15) is 0 Å². The molecule has 0 atom stereocenters. The van der Waals surface area contributed by atoms with Crippen LogP contribution in [0.5, 0.6) is 0 Å². The van der Waals surface area contributed by atoms with E-state index in [1.807, 2.05) is 11.8 Å². The maximum atomic E-state index is 12.5. The van der Waals surface area contributed by atoms with E-state index < -0.39 is 0 Å². The molecule has 21 heavy (non-hydrogen) atoms. The fraction of sp³-hybridized carbons (Fsp3) is 0.882. The zero-order valence-corrected chi connectivity index (χ0v) is 13.3. The molecule has 0 aromatic carbocycles. The molecule has 0 aromatic rings. The average molecular weight is 295 g/mol. The number of ether oxygens (including phenoxy) is 1. The molecule has 2 aliphatic carbocycles. The number of rotatable bonds is 6. The summed E-state index contributed by atoms with van der Waals surface area (Å²) >= 11 is 0. The van der Waals surface area contributed by atoms with Gasteiger partial charge in [0.05, 0.1) is 13.0 Å². The van der Waals surface area contributed by atoms with Crippen LogP contribution in [-0.4, -0.2) is 36.0 Å². The summed E-state index contributed by atoms with van der Waals surface area (Å²) in [6, 6.07) is 0.341. The van der Waals surface area contributed by atoms with Gasteiger partial charge in [0.15, 0.2) is 0 Å². The molecule has 2 saturated carbocycles. The van der Waals surface area contributed by atoms with E-state index in [-0.39, 0.29) is 17.8 Å². The van der Waals surface area contributed by atoms with E-state index in [0.29, 0.717) is 25.6 Å². The largest absolute Gasteiger partial charge is 0.466 e. The fourth-order valence-corrected chi connectivity index (χ4v) is 3.23. The summed E-state index contributed by atoms with van der Waals surface area (Å²) in [6.07, 6.45) is 10.9. The summed E-state index contributed by atoms with van der Waals surface area (Å²) in [5.74, 6) is 0.333. The smallest absolute Gasteiger partial charge is 0.307 e. The third kappa shape index (κ3) is 5.33. The number of nitrogens with zero attached hydrogens (tertiary/aromatic N) is 1. The molecule has 0 radical (unpaired) electrons. The highest BCUT2D eigenvalue weighted by molar-refractivity contribution is 5.82. The molecule has 0 aromatic heterocycles. The Morgan fingerprint density at radius 1 is 1.00 bits per heavy atom. The van der Waals surface area contributed by atoms with Crippen molar-refractivity contribution in [2.45, 2.75) is 77.2 Å². The first kappa shape index (κ1) is 16.3. The summed E-state index contributed by atoms with van der Waals surface area (Å²) in [7, 11) is 0. The Morgan fingerprint density at radius 3 is 2.19 bits per heavy atom. The van der Waals surface area contributed by atoms with Crippen LogP contribution in [0.15, 0.2) is 0 Å². The second kappa shape index (κ2) is 8.40. The zero-order chi connectivity index (χ0) is 15.1. The number of carbonyl (C=O) groups excluding carboxylic acids is 2. The summed E-state index contributed by atoms with van der Waals surface area (Å²) < 4.78 is 5.00. The predicted molar refractivity (Wildman–Crippen MR) is 81.8 cm³/mol. The lowest BCUT2D eigenvalue weighted by molar-refractivity contribution is -0.144. The Morgan fingerprint density at radius 2 is 1.62 bits per heavy atom. The second-order valence-corrected chi connectivity index (χ2v) is 6.36. The molecular weight excluding hydrogens is 266 g/mol. The Bertz CT molecular complexity index is 344. The first-order valence-electron chi connectivity index (χ1n) is 8.68. The van der Waals surface area contributed by atoms with Crippen molar-refractivity contribution in [3.05, 3.63) is 0 Å². The minimum absolute atomic E-state index is 0.183. The van der Waals surface area contributed by atoms with Crippen LogP contribution in [0.2, 0.25) is 0 Å². The molecule has 2 aliphatic rings. The number of amides is 1. The summed E-state index contributed by atoms with van der Waals surface area (Å²) in [6.45, 7) is 2.78. The second-order valence-electron chi connectivity index (χ2n) is 6.36. The van der Waals surface area contributed by atoms with Crippen molar-refractivity contribution in [3.8, 4) is 0 Å². The molecule has 2 rings (SSSR count). The van der Waals surface area contributed by atoms with E-state index in [1.54, 1.807) is 0 Å². The predicted octanol–water partition coefficient (Wildman–Crippen LogP) is 3.29. The van der Waals surface area contributed by atoms with Crippen LogP contribution in [0.4, 0.5) is 0 Å². The van der Waals surface area contributed by atoms with Gasteiger partial charge < -0.3 is 9.64 Å². The van der Waals surface area contributed by atoms with Crippen LogP contribution >= 0.6 is 0 Å². The molecule has 0 aliphatic heterocycles. The number of carbonyl (C=O) groups is 2. The van der Waals surface area contributed by atoms with E-state index in [2.05, 4.69) is 0 Å². The van der Waals surface area contributed by atoms with Crippen molar-refractivity contribution in [1.29, 1.82) is 0 Å². The molecule has 4 heteroatoms. The van der Waals surface area contributed by atoms with Crippen LogP contribution in [0.1, 0.15) is 71.1 Å².